The number of allylic oxidation sites excluding steroid dienone is 2. The maximum Gasteiger partial charge on any atom is 0.303 e. The van der Waals surface area contributed by atoms with Crippen LogP contribution < -0.4 is 0 Å². The molecule has 0 bridgehead atoms. The fourth-order valence-electron chi connectivity index (χ4n) is 1.38. The third-order valence-corrected chi connectivity index (χ3v) is 2.30. The van der Waals surface area contributed by atoms with E-state index in [4.69, 9.17) is 9.52 Å². The molecule has 0 radical (unpaired) electrons. The minimum atomic E-state index is -0.725. The standard InChI is InChI=1S/C16H16O3/c17-16(18)13-9-7-5-3-1-2-4-6-8-11-15-12-10-14-19-15/h1-2,10,12,14H,3,5,7,9,13H2,(H,17,18)/b2-1-. The molecule has 19 heavy (non-hydrogen) atoms. The van der Waals surface area contributed by atoms with E-state index in [2.05, 4.69) is 23.7 Å². The molecule has 0 saturated heterocycles. The minimum Gasteiger partial charge on any atom is -0.481 e. The molecule has 1 heterocycles. The highest BCUT2D eigenvalue weighted by molar-refractivity contribution is 5.66. The van der Waals surface area contributed by atoms with Gasteiger partial charge in [0.05, 0.1) is 6.26 Å². The highest BCUT2D eigenvalue weighted by Gasteiger charge is 1.94. The highest BCUT2D eigenvalue weighted by atomic mass is 16.4. The van der Waals surface area contributed by atoms with Gasteiger partial charge in [-0.1, -0.05) is 18.4 Å². The van der Waals surface area contributed by atoms with E-state index in [9.17, 15) is 4.79 Å². The normalized spacial score (nSPS) is 9.47. The second kappa shape index (κ2) is 9.62. The van der Waals surface area contributed by atoms with E-state index in [1.807, 2.05) is 6.08 Å². The predicted molar refractivity (Wildman–Crippen MR) is 73.2 cm³/mol. The molecular weight excluding hydrogens is 240 g/mol. The molecule has 0 amide bonds. The molecule has 0 aromatic carbocycles. The van der Waals surface area contributed by atoms with Gasteiger partial charge in [-0.2, -0.15) is 0 Å². The molecule has 0 aliphatic carbocycles. The van der Waals surface area contributed by atoms with Crippen LogP contribution in [-0.4, -0.2) is 11.1 Å². The van der Waals surface area contributed by atoms with E-state index >= 15 is 0 Å². The van der Waals surface area contributed by atoms with Crippen molar-refractivity contribution in [2.75, 3.05) is 0 Å². The van der Waals surface area contributed by atoms with Gasteiger partial charge in [0, 0.05) is 6.42 Å². The number of furan rings is 1. The van der Waals surface area contributed by atoms with Gasteiger partial charge < -0.3 is 9.52 Å². The van der Waals surface area contributed by atoms with E-state index in [0.717, 1.165) is 25.7 Å². The van der Waals surface area contributed by atoms with Crippen molar-refractivity contribution in [2.24, 2.45) is 0 Å². The maximum atomic E-state index is 10.3. The summed E-state index contributed by atoms with van der Waals surface area (Å²) in [5.74, 6) is 10.9. The molecule has 3 nitrogen and oxygen atoms in total. The molecule has 0 aliphatic rings. The molecule has 0 saturated carbocycles. The lowest BCUT2D eigenvalue weighted by Crippen LogP contribution is -1.93. The number of hydrogen-bond donors (Lipinski definition) is 1. The lowest BCUT2D eigenvalue weighted by Gasteiger charge is -1.94. The second-order valence-electron chi connectivity index (χ2n) is 3.89. The van der Waals surface area contributed by atoms with Gasteiger partial charge in [-0.05, 0) is 55.2 Å². The molecule has 0 spiro atoms. The van der Waals surface area contributed by atoms with Gasteiger partial charge in [-0.3, -0.25) is 4.79 Å². The zero-order valence-corrected chi connectivity index (χ0v) is 10.7. The van der Waals surface area contributed by atoms with E-state index in [-0.39, 0.29) is 6.42 Å². The second-order valence-corrected chi connectivity index (χ2v) is 3.89. The van der Waals surface area contributed by atoms with Gasteiger partial charge in [0.15, 0.2) is 5.76 Å². The molecule has 1 aromatic heterocycles. The van der Waals surface area contributed by atoms with Crippen LogP contribution in [0.5, 0.6) is 0 Å². The van der Waals surface area contributed by atoms with Crippen LogP contribution in [0, 0.1) is 23.7 Å². The van der Waals surface area contributed by atoms with E-state index in [1.165, 1.54) is 0 Å². The predicted octanol–water partition coefficient (Wildman–Crippen LogP) is 3.23. The largest absolute Gasteiger partial charge is 0.481 e. The van der Waals surface area contributed by atoms with Crippen molar-refractivity contribution in [1.29, 1.82) is 0 Å². The number of aliphatic carboxylic acids is 1. The van der Waals surface area contributed by atoms with Gasteiger partial charge in [0.25, 0.3) is 0 Å². The maximum absolute atomic E-state index is 10.3. The molecule has 1 N–H and O–H groups in total. The van der Waals surface area contributed by atoms with E-state index in [0.29, 0.717) is 5.76 Å². The van der Waals surface area contributed by atoms with Crippen molar-refractivity contribution in [2.45, 2.75) is 32.1 Å². The zero-order valence-electron chi connectivity index (χ0n) is 10.7. The Bertz CT molecular complexity index is 516. The summed E-state index contributed by atoms with van der Waals surface area (Å²) in [6, 6.07) is 3.56. The zero-order chi connectivity index (χ0) is 13.8. The first-order valence-electron chi connectivity index (χ1n) is 6.21. The number of carboxylic acids is 1. The van der Waals surface area contributed by atoms with Gasteiger partial charge in [0.1, 0.15) is 0 Å². The van der Waals surface area contributed by atoms with Crippen molar-refractivity contribution in [3.63, 3.8) is 0 Å². The highest BCUT2D eigenvalue weighted by Crippen LogP contribution is 2.03. The van der Waals surface area contributed by atoms with Crippen molar-refractivity contribution < 1.29 is 14.3 Å². The lowest BCUT2D eigenvalue weighted by atomic mass is 10.1. The van der Waals surface area contributed by atoms with Crippen molar-refractivity contribution >= 4 is 5.97 Å². The van der Waals surface area contributed by atoms with Gasteiger partial charge in [0.2, 0.25) is 0 Å². The Balaban J connectivity index is 2.09. The van der Waals surface area contributed by atoms with E-state index < -0.39 is 5.97 Å². The number of carbonyl (C=O) groups is 1. The van der Waals surface area contributed by atoms with Crippen molar-refractivity contribution in [3.05, 3.63) is 36.3 Å². The first kappa shape index (κ1) is 14.7. The third kappa shape index (κ3) is 8.35. The van der Waals surface area contributed by atoms with Crippen molar-refractivity contribution in [1.82, 2.24) is 0 Å². The molecule has 0 aliphatic heterocycles. The van der Waals surface area contributed by atoms with Crippen molar-refractivity contribution in [3.8, 4) is 23.7 Å². The summed E-state index contributed by atoms with van der Waals surface area (Å²) >= 11 is 0. The summed E-state index contributed by atoms with van der Waals surface area (Å²) in [5, 5.41) is 8.45. The molecule has 1 rings (SSSR count). The smallest absolute Gasteiger partial charge is 0.303 e. The Labute approximate surface area is 113 Å². The SMILES string of the molecule is O=C(O)CCCCC/C=C\C#CC#Cc1ccco1. The molecule has 0 fully saturated rings. The lowest BCUT2D eigenvalue weighted by molar-refractivity contribution is -0.137. The fraction of sp³-hybridized carbons (Fsp3) is 0.312. The van der Waals surface area contributed by atoms with Crippen LogP contribution in [0.2, 0.25) is 0 Å². The minimum absolute atomic E-state index is 0.256. The van der Waals surface area contributed by atoms with Crippen LogP contribution >= 0.6 is 0 Å². The Kier molecular flexibility index (Phi) is 7.43. The topological polar surface area (TPSA) is 50.4 Å². The molecule has 3 heteroatoms. The van der Waals surface area contributed by atoms with E-state index in [1.54, 1.807) is 24.5 Å². The summed E-state index contributed by atoms with van der Waals surface area (Å²) < 4.78 is 5.03. The van der Waals surface area contributed by atoms with Crippen LogP contribution in [0.3, 0.4) is 0 Å². The molecule has 1 aromatic rings. The summed E-state index contributed by atoms with van der Waals surface area (Å²) in [4.78, 5) is 10.3. The Morgan fingerprint density at radius 3 is 2.95 bits per heavy atom. The summed E-state index contributed by atoms with van der Waals surface area (Å²) in [6.07, 6.45) is 9.15. The number of hydrogen-bond acceptors (Lipinski definition) is 2. The van der Waals surface area contributed by atoms with Crippen LogP contribution in [0.25, 0.3) is 0 Å². The number of unbranched alkanes of at least 4 members (excludes halogenated alkanes) is 3. The number of rotatable bonds is 6. The molecule has 98 valence electrons. The van der Waals surface area contributed by atoms with Crippen LogP contribution in [0.1, 0.15) is 37.9 Å². The van der Waals surface area contributed by atoms with Crippen LogP contribution in [0.4, 0.5) is 0 Å². The quantitative estimate of drug-likeness (QED) is 0.628. The van der Waals surface area contributed by atoms with Crippen LogP contribution in [-0.2, 0) is 4.79 Å². The third-order valence-electron chi connectivity index (χ3n) is 2.30. The Morgan fingerprint density at radius 1 is 1.32 bits per heavy atom. The molecular formula is C16H16O3. The Morgan fingerprint density at radius 2 is 2.21 bits per heavy atom. The molecule has 0 unspecified atom stereocenters. The first-order valence-corrected chi connectivity index (χ1v) is 6.21. The fourth-order valence-corrected chi connectivity index (χ4v) is 1.38. The summed E-state index contributed by atoms with van der Waals surface area (Å²) in [5.41, 5.74) is 0. The van der Waals surface area contributed by atoms with Crippen LogP contribution in [0.15, 0.2) is 35.0 Å². The first-order chi connectivity index (χ1) is 9.29. The Hall–Kier alpha value is -2.39. The summed E-state index contributed by atoms with van der Waals surface area (Å²) in [6.45, 7) is 0. The van der Waals surface area contributed by atoms with Gasteiger partial charge >= 0.3 is 5.97 Å². The average Bonchev–Trinajstić information content (AvgIpc) is 2.88. The average molecular weight is 256 g/mol. The monoisotopic (exact) mass is 256 g/mol. The molecule has 0 atom stereocenters. The number of carboxylic acid groups (broad SMARTS) is 1. The van der Waals surface area contributed by atoms with Gasteiger partial charge in [-0.15, -0.1) is 0 Å². The summed E-state index contributed by atoms with van der Waals surface area (Å²) in [7, 11) is 0. The van der Waals surface area contributed by atoms with Gasteiger partial charge in [-0.25, -0.2) is 0 Å².